The van der Waals surface area contributed by atoms with E-state index in [2.05, 4.69) is 11.6 Å². The molecule has 0 aliphatic rings. The number of nitrogens with zero attached hydrogens (tertiary/aromatic N) is 1. The SMILES string of the molecule is C=C(C)/C=N\CN. The number of hydrogen-bond acceptors (Lipinski definition) is 2. The minimum atomic E-state index is 0.354. The first-order valence-electron chi connectivity index (χ1n) is 2.12. The van der Waals surface area contributed by atoms with Crippen LogP contribution in [-0.4, -0.2) is 12.9 Å². The third-order valence-corrected chi connectivity index (χ3v) is 0.417. The summed E-state index contributed by atoms with van der Waals surface area (Å²) in [6, 6.07) is 0. The molecule has 0 radical (unpaired) electrons. The molecular formula is C5H10N2. The number of allylic oxidation sites excluding steroid dienone is 1. The van der Waals surface area contributed by atoms with Gasteiger partial charge in [-0.25, -0.2) is 0 Å². The molecule has 0 heterocycles. The molecule has 2 heteroatoms. The van der Waals surface area contributed by atoms with Crippen molar-refractivity contribution in [2.75, 3.05) is 6.67 Å². The third-order valence-electron chi connectivity index (χ3n) is 0.417. The van der Waals surface area contributed by atoms with Gasteiger partial charge in [0, 0.05) is 6.21 Å². The lowest BCUT2D eigenvalue weighted by Gasteiger charge is -1.80. The first kappa shape index (κ1) is 6.37. The minimum absolute atomic E-state index is 0.354. The van der Waals surface area contributed by atoms with Crippen LogP contribution in [0, 0.1) is 0 Å². The second-order valence-corrected chi connectivity index (χ2v) is 1.34. The van der Waals surface area contributed by atoms with Gasteiger partial charge in [0.05, 0.1) is 6.67 Å². The Balaban J connectivity index is 3.26. The minimum Gasteiger partial charge on any atom is -0.312 e. The van der Waals surface area contributed by atoms with Gasteiger partial charge in [0.1, 0.15) is 0 Å². The molecule has 0 aromatic carbocycles. The van der Waals surface area contributed by atoms with E-state index in [0.717, 1.165) is 5.57 Å². The van der Waals surface area contributed by atoms with Crippen LogP contribution in [0.15, 0.2) is 17.1 Å². The second kappa shape index (κ2) is 3.56. The van der Waals surface area contributed by atoms with Crippen molar-refractivity contribution in [3.05, 3.63) is 12.2 Å². The van der Waals surface area contributed by atoms with Crippen LogP contribution in [0.1, 0.15) is 6.92 Å². The lowest BCUT2D eigenvalue weighted by Crippen LogP contribution is -1.93. The number of nitrogens with two attached hydrogens (primary N) is 1. The predicted octanol–water partition coefficient (Wildman–Crippen LogP) is 0.550. The zero-order chi connectivity index (χ0) is 5.70. The molecule has 0 saturated carbocycles. The number of rotatable bonds is 2. The lowest BCUT2D eigenvalue weighted by atomic mass is 10.4. The topological polar surface area (TPSA) is 38.4 Å². The van der Waals surface area contributed by atoms with Crippen molar-refractivity contribution in [2.45, 2.75) is 6.92 Å². The summed E-state index contributed by atoms with van der Waals surface area (Å²) in [7, 11) is 0. The molecule has 0 atom stereocenters. The van der Waals surface area contributed by atoms with E-state index in [1.54, 1.807) is 6.21 Å². The van der Waals surface area contributed by atoms with Crippen LogP contribution in [0.3, 0.4) is 0 Å². The number of aliphatic imine (C=N–C) groups is 1. The van der Waals surface area contributed by atoms with Gasteiger partial charge in [-0.2, -0.15) is 0 Å². The molecule has 40 valence electrons. The summed E-state index contributed by atoms with van der Waals surface area (Å²) in [6.45, 7) is 5.82. The van der Waals surface area contributed by atoms with E-state index in [0.29, 0.717) is 6.67 Å². The van der Waals surface area contributed by atoms with Crippen molar-refractivity contribution in [1.29, 1.82) is 0 Å². The van der Waals surface area contributed by atoms with E-state index in [1.165, 1.54) is 0 Å². The van der Waals surface area contributed by atoms with Crippen LogP contribution >= 0.6 is 0 Å². The van der Waals surface area contributed by atoms with Crippen LogP contribution < -0.4 is 5.73 Å². The van der Waals surface area contributed by atoms with Crippen LogP contribution in [-0.2, 0) is 0 Å². The fourth-order valence-electron chi connectivity index (χ4n) is 0.209. The summed E-state index contributed by atoms with van der Waals surface area (Å²) in [4.78, 5) is 3.72. The van der Waals surface area contributed by atoms with Gasteiger partial charge in [0.15, 0.2) is 0 Å². The Bertz CT molecular complexity index is 84.1. The normalized spacial score (nSPS) is 10.0. The van der Waals surface area contributed by atoms with Crippen molar-refractivity contribution in [3.8, 4) is 0 Å². The Morgan fingerprint density at radius 2 is 2.57 bits per heavy atom. The summed E-state index contributed by atoms with van der Waals surface area (Å²) in [5, 5.41) is 0. The predicted molar refractivity (Wildman–Crippen MR) is 32.4 cm³/mol. The van der Waals surface area contributed by atoms with Gasteiger partial charge in [0.2, 0.25) is 0 Å². The fraction of sp³-hybridized carbons (Fsp3) is 0.400. The van der Waals surface area contributed by atoms with Gasteiger partial charge in [-0.15, -0.1) is 0 Å². The Hall–Kier alpha value is -0.630. The standard InChI is InChI=1S/C5H10N2/c1-5(2)3-7-4-6/h3H,1,4,6H2,2H3/b7-3-. The second-order valence-electron chi connectivity index (χ2n) is 1.34. The molecule has 2 N–H and O–H groups in total. The van der Waals surface area contributed by atoms with Gasteiger partial charge in [-0.05, 0) is 12.5 Å². The summed E-state index contributed by atoms with van der Waals surface area (Å²) in [5.74, 6) is 0. The van der Waals surface area contributed by atoms with Gasteiger partial charge < -0.3 is 5.73 Å². The van der Waals surface area contributed by atoms with E-state index in [9.17, 15) is 0 Å². The molecule has 0 amide bonds. The first-order chi connectivity index (χ1) is 3.27. The van der Waals surface area contributed by atoms with Crippen molar-refractivity contribution >= 4 is 6.21 Å². The first-order valence-corrected chi connectivity index (χ1v) is 2.12. The van der Waals surface area contributed by atoms with Crippen LogP contribution in [0.5, 0.6) is 0 Å². The highest BCUT2D eigenvalue weighted by molar-refractivity contribution is 5.76. The maximum Gasteiger partial charge on any atom is 0.0859 e. The molecule has 0 aromatic heterocycles. The summed E-state index contributed by atoms with van der Waals surface area (Å²) in [6.07, 6.45) is 1.65. The van der Waals surface area contributed by atoms with Crippen molar-refractivity contribution in [2.24, 2.45) is 10.7 Å². The molecule has 0 bridgehead atoms. The fourth-order valence-corrected chi connectivity index (χ4v) is 0.209. The number of hydrogen-bond donors (Lipinski definition) is 1. The highest BCUT2D eigenvalue weighted by atomic mass is 14.8. The van der Waals surface area contributed by atoms with Crippen LogP contribution in [0.25, 0.3) is 0 Å². The summed E-state index contributed by atoms with van der Waals surface area (Å²) < 4.78 is 0. The quantitative estimate of drug-likeness (QED) is 0.503. The molecule has 0 rings (SSSR count). The molecule has 0 aromatic rings. The van der Waals surface area contributed by atoms with Gasteiger partial charge in [-0.1, -0.05) is 6.58 Å². The molecule has 0 spiro atoms. The lowest BCUT2D eigenvalue weighted by molar-refractivity contribution is 1.08. The third kappa shape index (κ3) is 5.37. The molecule has 7 heavy (non-hydrogen) atoms. The molecule has 0 aliphatic carbocycles. The average molecular weight is 98.1 g/mol. The monoisotopic (exact) mass is 98.1 g/mol. The highest BCUT2D eigenvalue weighted by Gasteiger charge is 1.68. The summed E-state index contributed by atoms with van der Waals surface area (Å²) >= 11 is 0. The van der Waals surface area contributed by atoms with E-state index in [1.807, 2.05) is 6.92 Å². The Morgan fingerprint density at radius 1 is 2.00 bits per heavy atom. The van der Waals surface area contributed by atoms with Crippen LogP contribution in [0.4, 0.5) is 0 Å². The Kier molecular flexibility index (Phi) is 3.24. The van der Waals surface area contributed by atoms with Gasteiger partial charge in [0.25, 0.3) is 0 Å². The largest absolute Gasteiger partial charge is 0.312 e. The zero-order valence-corrected chi connectivity index (χ0v) is 4.52. The molecule has 0 fully saturated rings. The van der Waals surface area contributed by atoms with Crippen molar-refractivity contribution in [1.82, 2.24) is 0 Å². The highest BCUT2D eigenvalue weighted by Crippen LogP contribution is 1.76. The molecule has 0 unspecified atom stereocenters. The van der Waals surface area contributed by atoms with E-state index >= 15 is 0 Å². The smallest absolute Gasteiger partial charge is 0.0859 e. The Labute approximate surface area is 43.7 Å². The average Bonchev–Trinajstić information content (AvgIpc) is 1.61. The molecule has 0 aliphatic heterocycles. The van der Waals surface area contributed by atoms with Gasteiger partial charge >= 0.3 is 0 Å². The zero-order valence-electron chi connectivity index (χ0n) is 4.52. The summed E-state index contributed by atoms with van der Waals surface area (Å²) in [5.41, 5.74) is 5.97. The van der Waals surface area contributed by atoms with E-state index < -0.39 is 0 Å². The Morgan fingerprint density at radius 3 is 2.71 bits per heavy atom. The maximum atomic E-state index is 5.04. The van der Waals surface area contributed by atoms with Crippen LogP contribution in [0.2, 0.25) is 0 Å². The van der Waals surface area contributed by atoms with E-state index in [4.69, 9.17) is 5.73 Å². The molecular weight excluding hydrogens is 88.1 g/mol. The molecule has 0 saturated heterocycles. The van der Waals surface area contributed by atoms with Crippen molar-refractivity contribution in [3.63, 3.8) is 0 Å². The van der Waals surface area contributed by atoms with Gasteiger partial charge in [-0.3, -0.25) is 4.99 Å². The van der Waals surface area contributed by atoms with E-state index in [-0.39, 0.29) is 0 Å². The van der Waals surface area contributed by atoms with Crippen molar-refractivity contribution < 1.29 is 0 Å². The molecule has 2 nitrogen and oxygen atoms in total. The maximum absolute atomic E-state index is 5.04.